The van der Waals surface area contributed by atoms with Gasteiger partial charge >= 0.3 is 0 Å². The third-order valence-corrected chi connectivity index (χ3v) is 4.30. The summed E-state index contributed by atoms with van der Waals surface area (Å²) in [6, 6.07) is 13.2. The van der Waals surface area contributed by atoms with Gasteiger partial charge in [0.15, 0.2) is 5.78 Å². The molecule has 2 aromatic carbocycles. The molecule has 0 fully saturated rings. The number of rotatable bonds is 7. The smallest absolute Gasteiger partial charge is 0.189 e. The van der Waals surface area contributed by atoms with Gasteiger partial charge in [-0.25, -0.2) is 0 Å². The minimum Gasteiger partial charge on any atom is -0.496 e. The molecule has 0 aliphatic carbocycles. The van der Waals surface area contributed by atoms with Gasteiger partial charge in [-0.05, 0) is 23.8 Å². The number of methoxy groups -OCH3 is 2. The SMILES string of the molecule is COc1cc(OC)c(C(=O)/C=C/c2cnn(Cc3ccccc3)c2)cc1Cl. The zero-order chi connectivity index (χ0) is 19.2. The molecule has 0 aliphatic rings. The summed E-state index contributed by atoms with van der Waals surface area (Å²) in [6.45, 7) is 0.671. The van der Waals surface area contributed by atoms with Crippen LogP contribution in [0.2, 0.25) is 5.02 Å². The van der Waals surface area contributed by atoms with Crippen molar-refractivity contribution in [1.29, 1.82) is 0 Å². The Balaban J connectivity index is 1.75. The summed E-state index contributed by atoms with van der Waals surface area (Å²) in [4.78, 5) is 12.6. The number of carbonyl (C=O) groups excluding carboxylic acids is 1. The van der Waals surface area contributed by atoms with Crippen molar-refractivity contribution in [3.8, 4) is 11.5 Å². The first-order chi connectivity index (χ1) is 13.1. The fraction of sp³-hybridized carbons (Fsp3) is 0.143. The van der Waals surface area contributed by atoms with Gasteiger partial charge < -0.3 is 9.47 Å². The van der Waals surface area contributed by atoms with Crippen LogP contribution in [0.15, 0.2) is 60.9 Å². The van der Waals surface area contributed by atoms with Crippen LogP contribution < -0.4 is 9.47 Å². The number of allylic oxidation sites excluding steroid dienone is 1. The molecule has 0 amide bonds. The van der Waals surface area contributed by atoms with E-state index < -0.39 is 0 Å². The first-order valence-corrected chi connectivity index (χ1v) is 8.69. The Labute approximate surface area is 162 Å². The van der Waals surface area contributed by atoms with Gasteiger partial charge in [0, 0.05) is 17.8 Å². The van der Waals surface area contributed by atoms with Crippen molar-refractivity contribution in [3.05, 3.63) is 82.6 Å². The lowest BCUT2D eigenvalue weighted by Crippen LogP contribution is -2.00. The summed E-state index contributed by atoms with van der Waals surface area (Å²) in [5.41, 5.74) is 2.36. The number of hydrogen-bond donors (Lipinski definition) is 0. The van der Waals surface area contributed by atoms with E-state index in [1.54, 1.807) is 24.4 Å². The third kappa shape index (κ3) is 4.57. The zero-order valence-corrected chi connectivity index (χ0v) is 15.8. The Morgan fingerprint density at radius 3 is 2.59 bits per heavy atom. The van der Waals surface area contributed by atoms with E-state index in [0.717, 1.165) is 11.1 Å². The third-order valence-electron chi connectivity index (χ3n) is 4.01. The second-order valence-electron chi connectivity index (χ2n) is 5.84. The Morgan fingerprint density at radius 2 is 1.89 bits per heavy atom. The number of carbonyl (C=O) groups is 1. The quantitative estimate of drug-likeness (QED) is 0.446. The van der Waals surface area contributed by atoms with Gasteiger partial charge in [-0.3, -0.25) is 9.48 Å². The highest BCUT2D eigenvalue weighted by atomic mass is 35.5. The Morgan fingerprint density at radius 1 is 1.15 bits per heavy atom. The van der Waals surface area contributed by atoms with Gasteiger partial charge in [-0.1, -0.05) is 41.9 Å². The summed E-state index contributed by atoms with van der Waals surface area (Å²) in [7, 11) is 3.01. The molecule has 0 bridgehead atoms. The molecule has 0 N–H and O–H groups in total. The number of benzene rings is 2. The number of ketones is 1. The topological polar surface area (TPSA) is 53.4 Å². The maximum Gasteiger partial charge on any atom is 0.189 e. The minimum atomic E-state index is -0.216. The van der Waals surface area contributed by atoms with E-state index in [2.05, 4.69) is 5.10 Å². The summed E-state index contributed by atoms with van der Waals surface area (Å²) < 4.78 is 12.3. The van der Waals surface area contributed by atoms with Crippen molar-refractivity contribution in [1.82, 2.24) is 9.78 Å². The van der Waals surface area contributed by atoms with Crippen molar-refractivity contribution in [2.24, 2.45) is 0 Å². The van der Waals surface area contributed by atoms with Crippen LogP contribution in [0.25, 0.3) is 6.08 Å². The van der Waals surface area contributed by atoms with Crippen LogP contribution in [0.5, 0.6) is 11.5 Å². The average molecular weight is 383 g/mol. The number of halogens is 1. The first kappa shape index (κ1) is 18.7. The molecule has 0 aliphatic heterocycles. The van der Waals surface area contributed by atoms with E-state index in [0.29, 0.717) is 28.6 Å². The molecular weight excluding hydrogens is 364 g/mol. The normalized spacial score (nSPS) is 10.9. The highest BCUT2D eigenvalue weighted by Crippen LogP contribution is 2.33. The molecule has 1 aromatic heterocycles. The van der Waals surface area contributed by atoms with E-state index in [9.17, 15) is 4.79 Å². The molecule has 27 heavy (non-hydrogen) atoms. The van der Waals surface area contributed by atoms with Crippen LogP contribution in [-0.2, 0) is 6.54 Å². The summed E-state index contributed by atoms with van der Waals surface area (Å²) >= 11 is 6.13. The molecule has 0 spiro atoms. The fourth-order valence-electron chi connectivity index (χ4n) is 2.64. The van der Waals surface area contributed by atoms with Crippen LogP contribution in [0.3, 0.4) is 0 Å². The zero-order valence-electron chi connectivity index (χ0n) is 15.1. The van der Waals surface area contributed by atoms with Crippen LogP contribution in [0.1, 0.15) is 21.5 Å². The number of nitrogens with zero attached hydrogens (tertiary/aromatic N) is 2. The lowest BCUT2D eigenvalue weighted by Gasteiger charge is -2.10. The molecule has 0 atom stereocenters. The largest absolute Gasteiger partial charge is 0.496 e. The molecule has 5 nitrogen and oxygen atoms in total. The highest BCUT2D eigenvalue weighted by molar-refractivity contribution is 6.32. The summed E-state index contributed by atoms with van der Waals surface area (Å²) in [5.74, 6) is 0.647. The maximum absolute atomic E-state index is 12.6. The Bertz CT molecular complexity index is 965. The second kappa shape index (κ2) is 8.56. The van der Waals surface area contributed by atoms with Gasteiger partial charge in [0.05, 0.1) is 37.5 Å². The highest BCUT2D eigenvalue weighted by Gasteiger charge is 2.14. The van der Waals surface area contributed by atoms with Crippen LogP contribution in [-0.4, -0.2) is 29.8 Å². The molecule has 0 unspecified atom stereocenters. The van der Waals surface area contributed by atoms with Gasteiger partial charge in [0.25, 0.3) is 0 Å². The van der Waals surface area contributed by atoms with Crippen LogP contribution >= 0.6 is 11.6 Å². The summed E-state index contributed by atoms with van der Waals surface area (Å²) in [5, 5.41) is 4.68. The van der Waals surface area contributed by atoms with E-state index in [1.807, 2.05) is 41.2 Å². The standard InChI is InChI=1S/C21H19ClN2O3/c1-26-20-11-21(27-2)18(22)10-17(20)19(25)9-8-16-12-23-24(14-16)13-15-6-4-3-5-7-15/h3-12,14H,13H2,1-2H3/b9-8+. The van der Waals surface area contributed by atoms with Gasteiger partial charge in [-0.15, -0.1) is 0 Å². The van der Waals surface area contributed by atoms with E-state index in [4.69, 9.17) is 21.1 Å². The summed E-state index contributed by atoms with van der Waals surface area (Å²) in [6.07, 6.45) is 6.79. The Hall–Kier alpha value is -3.05. The van der Waals surface area contributed by atoms with Gasteiger partial charge in [-0.2, -0.15) is 5.10 Å². The first-order valence-electron chi connectivity index (χ1n) is 8.31. The molecule has 1 heterocycles. The van der Waals surface area contributed by atoms with Crippen molar-refractivity contribution in [3.63, 3.8) is 0 Å². The Kier molecular flexibility index (Phi) is 5.94. The predicted octanol–water partition coefficient (Wildman–Crippen LogP) is 4.50. The molecule has 3 aromatic rings. The van der Waals surface area contributed by atoms with E-state index in [-0.39, 0.29) is 5.78 Å². The van der Waals surface area contributed by atoms with Crippen molar-refractivity contribution < 1.29 is 14.3 Å². The lowest BCUT2D eigenvalue weighted by molar-refractivity contribution is 0.104. The van der Waals surface area contributed by atoms with E-state index >= 15 is 0 Å². The maximum atomic E-state index is 12.6. The molecule has 0 saturated carbocycles. The van der Waals surface area contributed by atoms with Crippen molar-refractivity contribution >= 4 is 23.5 Å². The number of aromatic nitrogens is 2. The van der Waals surface area contributed by atoms with Crippen molar-refractivity contribution in [2.75, 3.05) is 14.2 Å². The van der Waals surface area contributed by atoms with Crippen molar-refractivity contribution in [2.45, 2.75) is 6.54 Å². The molecule has 6 heteroatoms. The van der Waals surface area contributed by atoms with Gasteiger partial charge in [0.1, 0.15) is 11.5 Å². The fourth-order valence-corrected chi connectivity index (χ4v) is 2.88. The molecule has 138 valence electrons. The average Bonchev–Trinajstić information content (AvgIpc) is 3.14. The second-order valence-corrected chi connectivity index (χ2v) is 6.25. The molecule has 0 radical (unpaired) electrons. The van der Waals surface area contributed by atoms with Crippen LogP contribution in [0, 0.1) is 0 Å². The monoisotopic (exact) mass is 382 g/mol. The molecule has 3 rings (SSSR count). The van der Waals surface area contributed by atoms with Gasteiger partial charge in [0.2, 0.25) is 0 Å². The molecular formula is C21H19ClN2O3. The molecule has 0 saturated heterocycles. The predicted molar refractivity (Wildman–Crippen MR) is 106 cm³/mol. The number of hydrogen-bond acceptors (Lipinski definition) is 4. The van der Waals surface area contributed by atoms with E-state index in [1.165, 1.54) is 20.3 Å². The lowest BCUT2D eigenvalue weighted by atomic mass is 10.1. The number of ether oxygens (including phenoxy) is 2. The minimum absolute atomic E-state index is 0.216. The van der Waals surface area contributed by atoms with Crippen LogP contribution in [0.4, 0.5) is 0 Å².